The SMILES string of the molecule is Cn1cc(/C=N/NC(=O)COc2ccc(C(C)(C)CC(C)(C)C)cc2[N+](=O)[O-])c2ccccc21. The lowest BCUT2D eigenvalue weighted by atomic mass is 9.72. The number of benzene rings is 2. The Labute approximate surface area is 199 Å². The normalized spacial score (nSPS) is 12.3. The maximum absolute atomic E-state index is 12.2. The van der Waals surface area contributed by atoms with E-state index in [9.17, 15) is 14.9 Å². The topological polar surface area (TPSA) is 98.8 Å². The zero-order valence-electron chi connectivity index (χ0n) is 20.6. The summed E-state index contributed by atoms with van der Waals surface area (Å²) in [4.78, 5) is 23.4. The predicted octanol–water partition coefficient (Wildman–Crippen LogP) is 5.33. The van der Waals surface area contributed by atoms with Crippen molar-refractivity contribution in [3.63, 3.8) is 0 Å². The van der Waals surface area contributed by atoms with Crippen LogP contribution in [0.3, 0.4) is 0 Å². The molecule has 8 heteroatoms. The third-order valence-electron chi connectivity index (χ3n) is 5.59. The third kappa shape index (κ3) is 6.01. The van der Waals surface area contributed by atoms with Crippen molar-refractivity contribution in [1.29, 1.82) is 0 Å². The number of hydrazone groups is 1. The number of carbonyl (C=O) groups is 1. The number of nitro groups is 1. The van der Waals surface area contributed by atoms with E-state index in [1.54, 1.807) is 12.3 Å². The zero-order valence-corrected chi connectivity index (χ0v) is 20.6. The quantitative estimate of drug-likeness (QED) is 0.277. The van der Waals surface area contributed by atoms with E-state index >= 15 is 0 Å². The smallest absolute Gasteiger partial charge is 0.311 e. The van der Waals surface area contributed by atoms with E-state index in [4.69, 9.17) is 4.74 Å². The Morgan fingerprint density at radius 2 is 1.88 bits per heavy atom. The van der Waals surface area contributed by atoms with Crippen LogP contribution in [0.15, 0.2) is 53.8 Å². The molecule has 1 N–H and O–H groups in total. The Kier molecular flexibility index (Phi) is 7.09. The molecule has 0 spiro atoms. The molecule has 0 aliphatic rings. The van der Waals surface area contributed by atoms with Gasteiger partial charge in [-0.3, -0.25) is 14.9 Å². The molecule has 0 unspecified atom stereocenters. The Morgan fingerprint density at radius 1 is 1.18 bits per heavy atom. The van der Waals surface area contributed by atoms with Gasteiger partial charge in [-0.25, -0.2) is 5.43 Å². The summed E-state index contributed by atoms with van der Waals surface area (Å²) in [7, 11) is 1.94. The number of hydrogen-bond acceptors (Lipinski definition) is 5. The first-order chi connectivity index (χ1) is 15.9. The van der Waals surface area contributed by atoms with Gasteiger partial charge in [-0.1, -0.05) is 58.9 Å². The number of hydrogen-bond donors (Lipinski definition) is 1. The van der Waals surface area contributed by atoms with E-state index in [1.165, 1.54) is 6.07 Å². The second-order valence-corrected chi connectivity index (χ2v) is 10.4. The molecule has 1 aromatic heterocycles. The Morgan fingerprint density at radius 3 is 2.56 bits per heavy atom. The van der Waals surface area contributed by atoms with Crippen LogP contribution >= 0.6 is 0 Å². The van der Waals surface area contributed by atoms with Crippen LogP contribution in [0, 0.1) is 15.5 Å². The molecule has 8 nitrogen and oxygen atoms in total. The Bertz CT molecular complexity index is 1240. The summed E-state index contributed by atoms with van der Waals surface area (Å²) in [6, 6.07) is 12.8. The monoisotopic (exact) mass is 464 g/mol. The molecule has 0 radical (unpaired) electrons. The van der Waals surface area contributed by atoms with E-state index in [0.717, 1.165) is 28.5 Å². The lowest BCUT2D eigenvalue weighted by molar-refractivity contribution is -0.385. The van der Waals surface area contributed by atoms with Gasteiger partial charge in [0.1, 0.15) is 0 Å². The maximum atomic E-state index is 12.2. The summed E-state index contributed by atoms with van der Waals surface area (Å²) in [6.45, 7) is 10.2. The van der Waals surface area contributed by atoms with Gasteiger partial charge in [0.05, 0.1) is 11.1 Å². The second-order valence-electron chi connectivity index (χ2n) is 10.4. The summed E-state index contributed by atoms with van der Waals surface area (Å²) >= 11 is 0. The van der Waals surface area contributed by atoms with Gasteiger partial charge in [-0.05, 0) is 34.9 Å². The van der Waals surface area contributed by atoms with Gasteiger partial charge in [0.25, 0.3) is 5.91 Å². The number of amides is 1. The Hall–Kier alpha value is -3.68. The minimum atomic E-state index is -0.511. The third-order valence-corrected chi connectivity index (χ3v) is 5.59. The molecule has 0 saturated heterocycles. The highest BCUT2D eigenvalue weighted by atomic mass is 16.6. The van der Waals surface area contributed by atoms with Crippen molar-refractivity contribution in [2.75, 3.05) is 6.61 Å². The first kappa shape index (κ1) is 25.0. The van der Waals surface area contributed by atoms with Gasteiger partial charge in [-0.2, -0.15) is 5.10 Å². The fraction of sp³-hybridized carbons (Fsp3) is 0.385. The van der Waals surface area contributed by atoms with Crippen LogP contribution in [-0.2, 0) is 17.3 Å². The molecular weight excluding hydrogens is 432 g/mol. The van der Waals surface area contributed by atoms with Crippen LogP contribution in [0.4, 0.5) is 5.69 Å². The van der Waals surface area contributed by atoms with Crippen molar-refractivity contribution in [1.82, 2.24) is 9.99 Å². The molecule has 1 amide bonds. The van der Waals surface area contributed by atoms with Crippen molar-refractivity contribution >= 4 is 28.7 Å². The minimum Gasteiger partial charge on any atom is -0.477 e. The highest BCUT2D eigenvalue weighted by molar-refractivity contribution is 5.99. The number of para-hydroxylation sites is 1. The predicted molar refractivity (Wildman–Crippen MR) is 134 cm³/mol. The van der Waals surface area contributed by atoms with E-state index in [2.05, 4.69) is 45.1 Å². The molecule has 0 aliphatic carbocycles. The van der Waals surface area contributed by atoms with Crippen molar-refractivity contribution < 1.29 is 14.5 Å². The summed E-state index contributed by atoms with van der Waals surface area (Å²) in [6.07, 6.45) is 4.34. The summed E-state index contributed by atoms with van der Waals surface area (Å²) in [5.74, 6) is -0.462. The first-order valence-electron chi connectivity index (χ1n) is 11.1. The minimum absolute atomic E-state index is 0.0495. The van der Waals surface area contributed by atoms with Crippen molar-refractivity contribution in [2.45, 2.75) is 46.5 Å². The average molecular weight is 465 g/mol. The number of aryl methyl sites for hydroxylation is 1. The first-order valence-corrected chi connectivity index (χ1v) is 11.1. The molecule has 0 fully saturated rings. The molecule has 2 aromatic carbocycles. The Balaban J connectivity index is 1.66. The lowest BCUT2D eigenvalue weighted by Gasteiger charge is -2.33. The molecule has 1 heterocycles. The molecule has 34 heavy (non-hydrogen) atoms. The number of fused-ring (bicyclic) bond motifs is 1. The number of carbonyl (C=O) groups excluding carboxylic acids is 1. The van der Waals surface area contributed by atoms with Gasteiger partial charge >= 0.3 is 5.69 Å². The summed E-state index contributed by atoms with van der Waals surface area (Å²) in [5.41, 5.74) is 4.84. The van der Waals surface area contributed by atoms with Gasteiger partial charge in [0, 0.05) is 35.8 Å². The molecule has 3 aromatic rings. The van der Waals surface area contributed by atoms with Gasteiger partial charge < -0.3 is 9.30 Å². The lowest BCUT2D eigenvalue weighted by Crippen LogP contribution is -2.26. The van der Waals surface area contributed by atoms with Crippen LogP contribution < -0.4 is 10.2 Å². The molecule has 0 saturated carbocycles. The fourth-order valence-corrected chi connectivity index (χ4v) is 4.46. The van der Waals surface area contributed by atoms with Crippen LogP contribution in [0.25, 0.3) is 10.9 Å². The highest BCUT2D eigenvalue weighted by Gasteiger charge is 2.29. The van der Waals surface area contributed by atoms with Crippen LogP contribution in [0.2, 0.25) is 0 Å². The number of nitro benzene ring substituents is 1. The molecule has 0 atom stereocenters. The molecule has 0 bridgehead atoms. The van der Waals surface area contributed by atoms with Crippen LogP contribution in [0.5, 0.6) is 5.75 Å². The van der Waals surface area contributed by atoms with E-state index in [0.29, 0.717) is 0 Å². The fourth-order valence-electron chi connectivity index (χ4n) is 4.46. The number of rotatable bonds is 8. The van der Waals surface area contributed by atoms with Crippen molar-refractivity contribution in [3.8, 4) is 5.75 Å². The van der Waals surface area contributed by atoms with Gasteiger partial charge in [0.2, 0.25) is 0 Å². The molecular formula is C26H32N4O4. The van der Waals surface area contributed by atoms with E-state index in [1.807, 2.05) is 48.1 Å². The number of aromatic nitrogens is 1. The van der Waals surface area contributed by atoms with Crippen molar-refractivity contribution in [2.24, 2.45) is 17.6 Å². The largest absolute Gasteiger partial charge is 0.477 e. The second kappa shape index (κ2) is 9.67. The van der Waals surface area contributed by atoms with Gasteiger partial charge in [0.15, 0.2) is 12.4 Å². The summed E-state index contributed by atoms with van der Waals surface area (Å²) < 4.78 is 7.45. The highest BCUT2D eigenvalue weighted by Crippen LogP contribution is 2.39. The number of ether oxygens (including phenoxy) is 1. The standard InChI is InChI=1S/C26H32N4O4/c1-25(2,3)17-26(4,5)19-11-12-23(22(13-19)30(32)33)34-16-24(31)28-27-14-18-15-29(6)21-10-8-7-9-20(18)21/h7-15H,16-17H2,1-6H3,(H,28,31)/b27-14+. The average Bonchev–Trinajstić information content (AvgIpc) is 3.06. The van der Waals surface area contributed by atoms with E-state index in [-0.39, 0.29) is 22.3 Å². The van der Waals surface area contributed by atoms with Crippen LogP contribution in [-0.4, -0.2) is 28.2 Å². The molecule has 0 aliphatic heterocycles. The molecule has 3 rings (SSSR count). The summed E-state index contributed by atoms with van der Waals surface area (Å²) in [5, 5.41) is 16.7. The van der Waals surface area contributed by atoms with E-state index < -0.39 is 17.4 Å². The van der Waals surface area contributed by atoms with Gasteiger partial charge in [-0.15, -0.1) is 0 Å². The maximum Gasteiger partial charge on any atom is 0.311 e. The zero-order chi connectivity index (χ0) is 25.1. The number of nitrogens with one attached hydrogen (secondary N) is 1. The molecule has 180 valence electrons. The number of nitrogens with zero attached hydrogens (tertiary/aromatic N) is 3. The van der Waals surface area contributed by atoms with Crippen LogP contribution in [0.1, 0.15) is 52.2 Å². The van der Waals surface area contributed by atoms with Crippen molar-refractivity contribution in [3.05, 3.63) is 69.9 Å².